The highest BCUT2D eigenvalue weighted by molar-refractivity contribution is 5.02. The number of nitrogens with zero attached hydrogens (tertiary/aromatic N) is 2. The van der Waals surface area contributed by atoms with Crippen LogP contribution in [-0.4, -0.2) is 21.0 Å². The molecule has 1 atom stereocenters. The maximum atomic E-state index is 10.2. The van der Waals surface area contributed by atoms with E-state index in [0.717, 1.165) is 24.5 Å². The number of aromatic nitrogens is 2. The molecule has 20 heavy (non-hydrogen) atoms. The molecule has 0 saturated heterocycles. The van der Waals surface area contributed by atoms with Gasteiger partial charge in [-0.1, -0.05) is 44.9 Å². The maximum Gasteiger partial charge on any atom is 0.0650 e. The quantitative estimate of drug-likeness (QED) is 0.886. The Morgan fingerprint density at radius 2 is 1.80 bits per heavy atom. The Hall–Kier alpha value is -0.830. The van der Waals surface area contributed by atoms with E-state index in [-0.39, 0.29) is 6.10 Å². The fourth-order valence-electron chi connectivity index (χ4n) is 3.99. The van der Waals surface area contributed by atoms with E-state index >= 15 is 0 Å². The molecule has 0 bridgehead atoms. The third-order valence-corrected chi connectivity index (χ3v) is 5.14. The van der Waals surface area contributed by atoms with Crippen LogP contribution in [0.25, 0.3) is 0 Å². The van der Waals surface area contributed by atoms with Crippen molar-refractivity contribution in [1.29, 1.82) is 0 Å². The molecule has 0 aliphatic heterocycles. The second kappa shape index (κ2) is 6.75. The Morgan fingerprint density at radius 3 is 2.55 bits per heavy atom. The van der Waals surface area contributed by atoms with E-state index < -0.39 is 0 Å². The molecule has 1 heterocycles. The van der Waals surface area contributed by atoms with Gasteiger partial charge in [-0.15, -0.1) is 0 Å². The summed E-state index contributed by atoms with van der Waals surface area (Å²) in [6, 6.07) is 2.71. The molecule has 2 aliphatic carbocycles. The third kappa shape index (κ3) is 3.63. The molecule has 0 spiro atoms. The van der Waals surface area contributed by atoms with Gasteiger partial charge in [0.25, 0.3) is 0 Å². The fraction of sp³-hybridized carbons (Fsp3) is 0.824. The lowest BCUT2D eigenvalue weighted by molar-refractivity contribution is 0.141. The Labute approximate surface area is 122 Å². The molecule has 1 aromatic rings. The molecule has 3 heteroatoms. The predicted octanol–water partition coefficient (Wildman–Crippen LogP) is 3.87. The van der Waals surface area contributed by atoms with Crippen LogP contribution in [0.3, 0.4) is 0 Å². The summed E-state index contributed by atoms with van der Waals surface area (Å²) in [5.74, 6) is 0.755. The minimum atomic E-state index is -0.201. The van der Waals surface area contributed by atoms with Crippen LogP contribution in [0.1, 0.15) is 75.9 Å². The normalized spacial score (nSPS) is 23.2. The Kier molecular flexibility index (Phi) is 4.77. The fourth-order valence-corrected chi connectivity index (χ4v) is 3.99. The first kappa shape index (κ1) is 14.1. The van der Waals surface area contributed by atoms with Crippen LogP contribution < -0.4 is 0 Å². The van der Waals surface area contributed by atoms with E-state index in [1.165, 1.54) is 57.8 Å². The number of rotatable bonds is 5. The molecule has 0 aromatic carbocycles. The highest BCUT2D eigenvalue weighted by atomic mass is 16.3. The molecular formula is C17H28N2O. The van der Waals surface area contributed by atoms with E-state index in [4.69, 9.17) is 5.10 Å². The van der Waals surface area contributed by atoms with Crippen LogP contribution in [0.15, 0.2) is 12.3 Å². The highest BCUT2D eigenvalue weighted by Gasteiger charge is 2.20. The first-order valence-corrected chi connectivity index (χ1v) is 8.53. The SMILES string of the molecule is OC(Cc1ccn(C2CCCCC2)n1)CC1CCCC1. The molecule has 3 nitrogen and oxygen atoms in total. The topological polar surface area (TPSA) is 38.0 Å². The predicted molar refractivity (Wildman–Crippen MR) is 80.6 cm³/mol. The van der Waals surface area contributed by atoms with Crippen molar-refractivity contribution in [3.05, 3.63) is 18.0 Å². The third-order valence-electron chi connectivity index (χ3n) is 5.14. The van der Waals surface area contributed by atoms with Crippen molar-refractivity contribution in [2.75, 3.05) is 0 Å². The highest BCUT2D eigenvalue weighted by Crippen LogP contribution is 2.30. The van der Waals surface area contributed by atoms with Gasteiger partial charge in [0, 0.05) is 12.6 Å². The van der Waals surface area contributed by atoms with Crippen molar-refractivity contribution in [3.8, 4) is 0 Å². The minimum Gasteiger partial charge on any atom is -0.393 e. The van der Waals surface area contributed by atoms with E-state index in [1.807, 2.05) is 0 Å². The Bertz CT molecular complexity index is 403. The number of hydrogen-bond donors (Lipinski definition) is 1. The van der Waals surface area contributed by atoms with Gasteiger partial charge in [-0.05, 0) is 31.2 Å². The summed E-state index contributed by atoms with van der Waals surface area (Å²) in [5.41, 5.74) is 1.07. The van der Waals surface area contributed by atoms with E-state index in [9.17, 15) is 5.11 Å². The van der Waals surface area contributed by atoms with Crippen molar-refractivity contribution < 1.29 is 5.11 Å². The molecular weight excluding hydrogens is 248 g/mol. The van der Waals surface area contributed by atoms with Gasteiger partial charge in [-0.3, -0.25) is 4.68 Å². The lowest BCUT2D eigenvalue weighted by atomic mass is 9.96. The first-order chi connectivity index (χ1) is 9.81. The van der Waals surface area contributed by atoms with Crippen molar-refractivity contribution >= 4 is 0 Å². The minimum absolute atomic E-state index is 0.201. The molecule has 2 fully saturated rings. The lowest BCUT2D eigenvalue weighted by Gasteiger charge is -2.21. The van der Waals surface area contributed by atoms with Gasteiger partial charge in [-0.25, -0.2) is 0 Å². The molecule has 0 amide bonds. The molecule has 1 N–H and O–H groups in total. The average molecular weight is 276 g/mol. The molecule has 112 valence electrons. The van der Waals surface area contributed by atoms with Gasteiger partial charge in [0.15, 0.2) is 0 Å². The summed E-state index contributed by atoms with van der Waals surface area (Å²) in [6.45, 7) is 0. The molecule has 1 aromatic heterocycles. The largest absolute Gasteiger partial charge is 0.393 e. The van der Waals surface area contributed by atoms with Crippen LogP contribution in [0, 0.1) is 5.92 Å². The first-order valence-electron chi connectivity index (χ1n) is 8.53. The van der Waals surface area contributed by atoms with Crippen LogP contribution in [0.5, 0.6) is 0 Å². The summed E-state index contributed by atoms with van der Waals surface area (Å²) >= 11 is 0. The van der Waals surface area contributed by atoms with Crippen molar-refractivity contribution in [3.63, 3.8) is 0 Å². The van der Waals surface area contributed by atoms with Crippen LogP contribution in [0.4, 0.5) is 0 Å². The van der Waals surface area contributed by atoms with Crippen LogP contribution in [0.2, 0.25) is 0 Å². The monoisotopic (exact) mass is 276 g/mol. The smallest absolute Gasteiger partial charge is 0.0650 e. The van der Waals surface area contributed by atoms with Crippen LogP contribution >= 0.6 is 0 Å². The second-order valence-corrected chi connectivity index (χ2v) is 6.82. The van der Waals surface area contributed by atoms with Gasteiger partial charge in [-0.2, -0.15) is 5.10 Å². The van der Waals surface area contributed by atoms with E-state index in [2.05, 4.69) is 16.9 Å². The summed E-state index contributed by atoms with van der Waals surface area (Å²) < 4.78 is 2.15. The van der Waals surface area contributed by atoms with Crippen LogP contribution in [-0.2, 0) is 6.42 Å². The summed E-state index contributed by atoms with van der Waals surface area (Å²) in [6.07, 6.45) is 15.5. The maximum absolute atomic E-state index is 10.2. The molecule has 1 unspecified atom stereocenters. The lowest BCUT2D eigenvalue weighted by Crippen LogP contribution is -2.16. The van der Waals surface area contributed by atoms with Gasteiger partial charge in [0.05, 0.1) is 17.8 Å². The van der Waals surface area contributed by atoms with E-state index in [0.29, 0.717) is 6.04 Å². The molecule has 2 saturated carbocycles. The zero-order valence-corrected chi connectivity index (χ0v) is 12.5. The van der Waals surface area contributed by atoms with Gasteiger partial charge in [0.1, 0.15) is 0 Å². The van der Waals surface area contributed by atoms with Crippen molar-refractivity contribution in [1.82, 2.24) is 9.78 Å². The molecule has 2 aliphatic rings. The second-order valence-electron chi connectivity index (χ2n) is 6.82. The van der Waals surface area contributed by atoms with E-state index in [1.54, 1.807) is 0 Å². The summed E-state index contributed by atoms with van der Waals surface area (Å²) in [7, 11) is 0. The standard InChI is InChI=1S/C17H28N2O/c20-17(12-14-6-4-5-7-14)13-15-10-11-19(18-15)16-8-2-1-3-9-16/h10-11,14,16-17,20H,1-9,12-13H2. The number of hydrogen-bond acceptors (Lipinski definition) is 2. The molecule has 0 radical (unpaired) electrons. The Morgan fingerprint density at radius 1 is 1.10 bits per heavy atom. The summed E-state index contributed by atoms with van der Waals surface area (Å²) in [5, 5.41) is 14.9. The summed E-state index contributed by atoms with van der Waals surface area (Å²) in [4.78, 5) is 0. The molecule has 3 rings (SSSR count). The Balaban J connectivity index is 1.50. The average Bonchev–Trinajstić information content (AvgIpc) is 3.11. The van der Waals surface area contributed by atoms with Gasteiger partial charge >= 0.3 is 0 Å². The zero-order chi connectivity index (χ0) is 13.8. The van der Waals surface area contributed by atoms with Crippen molar-refractivity contribution in [2.45, 2.75) is 82.8 Å². The number of aliphatic hydroxyl groups excluding tert-OH is 1. The van der Waals surface area contributed by atoms with Crippen molar-refractivity contribution in [2.24, 2.45) is 5.92 Å². The van der Waals surface area contributed by atoms with Gasteiger partial charge in [0.2, 0.25) is 0 Å². The van der Waals surface area contributed by atoms with Gasteiger partial charge < -0.3 is 5.11 Å². The zero-order valence-electron chi connectivity index (χ0n) is 12.5. The number of aliphatic hydroxyl groups is 1.